The lowest BCUT2D eigenvalue weighted by atomic mass is 10.0. The Bertz CT molecular complexity index is 1340. The van der Waals surface area contributed by atoms with Crippen molar-refractivity contribution in [3.63, 3.8) is 0 Å². The number of esters is 1. The van der Waals surface area contributed by atoms with E-state index < -0.39 is 23.8 Å². The topological polar surface area (TPSA) is 104 Å². The van der Waals surface area contributed by atoms with Crippen molar-refractivity contribution in [2.45, 2.75) is 33.2 Å². The molecule has 3 aromatic rings. The second-order valence-electron chi connectivity index (χ2n) is 8.43. The van der Waals surface area contributed by atoms with Crippen LogP contribution in [-0.4, -0.2) is 51.1 Å². The lowest BCUT2D eigenvalue weighted by Gasteiger charge is -2.31. The average molecular weight is 450 g/mol. The summed E-state index contributed by atoms with van der Waals surface area (Å²) in [4.78, 5) is 58.7. The number of ether oxygens (including phenoxy) is 1. The van der Waals surface area contributed by atoms with Crippen LogP contribution in [0.2, 0.25) is 0 Å². The second-order valence-corrected chi connectivity index (χ2v) is 8.43. The molecule has 1 saturated heterocycles. The van der Waals surface area contributed by atoms with Crippen LogP contribution in [0.5, 0.6) is 0 Å². The second kappa shape index (κ2) is 9.01. The highest BCUT2D eigenvalue weighted by Crippen LogP contribution is 2.19. The fourth-order valence-corrected chi connectivity index (χ4v) is 4.33. The fourth-order valence-electron chi connectivity index (χ4n) is 4.33. The fraction of sp³-hybridized carbons (Fsp3) is 0.375. The molecular weight excluding hydrogens is 424 g/mol. The number of carbonyl (C=O) groups is 2. The van der Waals surface area contributed by atoms with Gasteiger partial charge in [-0.1, -0.05) is 25.1 Å². The molecule has 1 atom stereocenters. The van der Waals surface area contributed by atoms with Gasteiger partial charge in [0.15, 0.2) is 5.65 Å². The first kappa shape index (κ1) is 22.4. The molecule has 1 aromatic carbocycles. The summed E-state index contributed by atoms with van der Waals surface area (Å²) in [7, 11) is 1.22. The number of methoxy groups -OCH3 is 1. The van der Waals surface area contributed by atoms with E-state index >= 15 is 0 Å². The summed E-state index contributed by atoms with van der Waals surface area (Å²) >= 11 is 0. The van der Waals surface area contributed by atoms with E-state index in [4.69, 9.17) is 4.74 Å². The van der Waals surface area contributed by atoms with Gasteiger partial charge < -0.3 is 9.64 Å². The van der Waals surface area contributed by atoms with E-state index in [1.165, 1.54) is 17.7 Å². The van der Waals surface area contributed by atoms with Crippen LogP contribution in [0, 0.1) is 12.8 Å². The largest absolute Gasteiger partial charge is 0.465 e. The molecule has 1 fully saturated rings. The summed E-state index contributed by atoms with van der Waals surface area (Å²) in [5, 5.41) is -0.0595. The van der Waals surface area contributed by atoms with Crippen LogP contribution < -0.4 is 11.2 Å². The molecule has 0 bridgehead atoms. The number of amides is 1. The number of benzene rings is 1. The third-order valence-corrected chi connectivity index (χ3v) is 5.94. The molecule has 3 heterocycles. The molecule has 9 heteroatoms. The number of fused-ring (bicyclic) bond motifs is 1. The van der Waals surface area contributed by atoms with Crippen LogP contribution in [-0.2, 0) is 16.1 Å². The summed E-state index contributed by atoms with van der Waals surface area (Å²) in [5.74, 6) is -0.668. The predicted octanol–water partition coefficient (Wildman–Crippen LogP) is 1.90. The van der Waals surface area contributed by atoms with Crippen LogP contribution in [0.15, 0.2) is 46.0 Å². The summed E-state index contributed by atoms with van der Waals surface area (Å²) in [6, 6.07) is 10.2. The maximum absolute atomic E-state index is 13.5. The molecule has 1 amide bonds. The van der Waals surface area contributed by atoms with Crippen molar-refractivity contribution in [1.29, 1.82) is 0 Å². The normalized spacial score (nSPS) is 16.1. The number of nitrogens with zero attached hydrogens (tertiary/aromatic N) is 4. The van der Waals surface area contributed by atoms with E-state index in [0.717, 1.165) is 17.4 Å². The molecule has 0 unspecified atom stereocenters. The zero-order valence-electron chi connectivity index (χ0n) is 18.9. The molecule has 1 aliphatic heterocycles. The summed E-state index contributed by atoms with van der Waals surface area (Å²) in [6.45, 7) is 4.50. The molecular formula is C24H26N4O5. The minimum Gasteiger partial charge on any atom is -0.465 e. The van der Waals surface area contributed by atoms with E-state index in [0.29, 0.717) is 30.4 Å². The number of hydrogen-bond acceptors (Lipinski definition) is 6. The third kappa shape index (κ3) is 4.18. The summed E-state index contributed by atoms with van der Waals surface area (Å²) in [6.07, 6.45) is 1.91. The van der Waals surface area contributed by atoms with Gasteiger partial charge in [-0.3, -0.25) is 9.59 Å². The Hall–Kier alpha value is -3.75. The molecule has 0 N–H and O–H groups in total. The Labute approximate surface area is 190 Å². The monoisotopic (exact) mass is 450 g/mol. The van der Waals surface area contributed by atoms with E-state index in [1.807, 2.05) is 0 Å². The lowest BCUT2D eigenvalue weighted by Crippen LogP contribution is -2.47. The first-order valence-corrected chi connectivity index (χ1v) is 10.9. The van der Waals surface area contributed by atoms with Gasteiger partial charge in [0.2, 0.25) is 5.91 Å². The quantitative estimate of drug-likeness (QED) is 0.563. The van der Waals surface area contributed by atoms with Gasteiger partial charge in [-0.15, -0.1) is 0 Å². The highest BCUT2D eigenvalue weighted by molar-refractivity contribution is 6.02. The molecule has 2 aromatic heterocycles. The van der Waals surface area contributed by atoms with Crippen LogP contribution in [0.4, 0.5) is 0 Å². The molecule has 0 aliphatic carbocycles. The van der Waals surface area contributed by atoms with Crippen LogP contribution >= 0.6 is 0 Å². The van der Waals surface area contributed by atoms with Gasteiger partial charge in [0.1, 0.15) is 6.54 Å². The maximum Gasteiger partial charge on any atom is 0.338 e. The van der Waals surface area contributed by atoms with Crippen LogP contribution in [0.25, 0.3) is 16.7 Å². The van der Waals surface area contributed by atoms with Gasteiger partial charge in [-0.25, -0.2) is 23.7 Å². The zero-order chi connectivity index (χ0) is 23.7. The van der Waals surface area contributed by atoms with Gasteiger partial charge >= 0.3 is 11.7 Å². The summed E-state index contributed by atoms with van der Waals surface area (Å²) in [5.41, 5.74) is -0.467. The van der Waals surface area contributed by atoms with E-state index in [9.17, 15) is 19.2 Å². The first-order chi connectivity index (χ1) is 15.8. The molecule has 172 valence electrons. The van der Waals surface area contributed by atoms with Crippen molar-refractivity contribution in [1.82, 2.24) is 19.0 Å². The molecule has 1 aliphatic rings. The van der Waals surface area contributed by atoms with Gasteiger partial charge in [-0.2, -0.15) is 0 Å². The highest BCUT2D eigenvalue weighted by atomic mass is 16.5. The smallest absolute Gasteiger partial charge is 0.338 e. The molecule has 4 rings (SSSR count). The highest BCUT2D eigenvalue weighted by Gasteiger charge is 2.26. The van der Waals surface area contributed by atoms with Gasteiger partial charge in [0, 0.05) is 18.8 Å². The van der Waals surface area contributed by atoms with E-state index in [1.54, 1.807) is 42.2 Å². The number of aromatic nitrogens is 3. The average Bonchev–Trinajstić information content (AvgIpc) is 2.81. The molecule has 9 nitrogen and oxygen atoms in total. The van der Waals surface area contributed by atoms with Gasteiger partial charge in [0.05, 0.1) is 23.7 Å². The Morgan fingerprint density at radius 1 is 1.18 bits per heavy atom. The molecule has 0 spiro atoms. The molecule has 0 saturated carbocycles. The van der Waals surface area contributed by atoms with Crippen molar-refractivity contribution >= 4 is 22.9 Å². The Kier molecular flexibility index (Phi) is 6.13. The zero-order valence-corrected chi connectivity index (χ0v) is 18.9. The Morgan fingerprint density at radius 3 is 2.58 bits per heavy atom. The number of para-hydroxylation sites is 1. The van der Waals surface area contributed by atoms with Crippen molar-refractivity contribution in [3.8, 4) is 5.69 Å². The van der Waals surface area contributed by atoms with Crippen LogP contribution in [0.1, 0.15) is 35.8 Å². The number of hydrogen-bond donors (Lipinski definition) is 0. The number of rotatable bonds is 4. The Morgan fingerprint density at radius 2 is 1.91 bits per heavy atom. The summed E-state index contributed by atoms with van der Waals surface area (Å²) < 4.78 is 7.04. The first-order valence-electron chi connectivity index (χ1n) is 10.9. The van der Waals surface area contributed by atoms with Crippen LogP contribution in [0.3, 0.4) is 0 Å². The number of pyridine rings is 1. The SMILES string of the molecule is COC(=O)c1cc(C)nc2c1c(=O)n(CC(=O)N1CCC[C@H](C)C1)c(=O)n2-c1ccccc1. The Balaban J connectivity index is 1.98. The minimum atomic E-state index is -0.742. The maximum atomic E-state index is 13.5. The van der Waals surface area contributed by atoms with Crippen molar-refractivity contribution in [2.75, 3.05) is 20.2 Å². The lowest BCUT2D eigenvalue weighted by molar-refractivity contribution is -0.133. The van der Waals surface area contributed by atoms with Crippen molar-refractivity contribution in [3.05, 3.63) is 68.5 Å². The molecule has 0 radical (unpaired) electrons. The number of carbonyl (C=O) groups excluding carboxylic acids is 2. The van der Waals surface area contributed by atoms with Gasteiger partial charge in [0.25, 0.3) is 5.56 Å². The van der Waals surface area contributed by atoms with Crippen molar-refractivity contribution in [2.24, 2.45) is 5.92 Å². The van der Waals surface area contributed by atoms with E-state index in [-0.39, 0.29) is 22.5 Å². The minimum absolute atomic E-state index is 0.00229. The standard InChI is InChI=1S/C24H26N4O5/c1-15-8-7-11-26(13-15)19(29)14-27-22(30)20-18(23(31)33-3)12-16(2)25-21(20)28(24(27)32)17-9-5-4-6-10-17/h4-6,9-10,12,15H,7-8,11,13-14H2,1-3H3/t15-/m0/s1. The predicted molar refractivity (Wildman–Crippen MR) is 123 cm³/mol. The third-order valence-electron chi connectivity index (χ3n) is 5.94. The van der Waals surface area contributed by atoms with Crippen molar-refractivity contribution < 1.29 is 14.3 Å². The number of piperidine rings is 1. The molecule has 33 heavy (non-hydrogen) atoms. The van der Waals surface area contributed by atoms with Gasteiger partial charge in [-0.05, 0) is 43.9 Å². The number of likely N-dealkylation sites (tertiary alicyclic amines) is 1. The number of aryl methyl sites for hydroxylation is 1. The van der Waals surface area contributed by atoms with E-state index in [2.05, 4.69) is 11.9 Å².